The second kappa shape index (κ2) is 1.84. The number of nitrogens with one attached hydrogen (secondary N) is 1. The molecule has 0 aliphatic carbocycles. The lowest BCUT2D eigenvalue weighted by Gasteiger charge is -1.82. The summed E-state index contributed by atoms with van der Waals surface area (Å²) in [5.74, 6) is 0. The van der Waals surface area contributed by atoms with Crippen LogP contribution in [-0.2, 0) is 0 Å². The van der Waals surface area contributed by atoms with Crippen molar-refractivity contribution in [1.82, 2.24) is 9.97 Å². The molecule has 1 N–H and O–H groups in total. The lowest BCUT2D eigenvalue weighted by Crippen LogP contribution is -1.69. The van der Waals surface area contributed by atoms with E-state index in [2.05, 4.69) is 22.2 Å². The first-order valence-electron chi connectivity index (χ1n) is 3.18. The first-order chi connectivity index (χ1) is 4.86. The van der Waals surface area contributed by atoms with E-state index in [1.54, 1.807) is 6.20 Å². The van der Waals surface area contributed by atoms with E-state index in [0.717, 1.165) is 16.6 Å². The van der Waals surface area contributed by atoms with Crippen molar-refractivity contribution < 1.29 is 0 Å². The highest BCUT2D eigenvalue weighted by molar-refractivity contribution is 5.78. The van der Waals surface area contributed by atoms with Crippen molar-refractivity contribution in [3.63, 3.8) is 0 Å². The Labute approximate surface area is 58.9 Å². The van der Waals surface area contributed by atoms with Crippen molar-refractivity contribution in [3.8, 4) is 0 Å². The summed E-state index contributed by atoms with van der Waals surface area (Å²) in [4.78, 5) is 7.07. The Morgan fingerprint density at radius 1 is 1.60 bits per heavy atom. The van der Waals surface area contributed by atoms with Crippen molar-refractivity contribution in [3.05, 3.63) is 30.2 Å². The Balaban J connectivity index is 2.88. The molecule has 0 fully saturated rings. The highest BCUT2D eigenvalue weighted by Crippen LogP contribution is 2.11. The van der Waals surface area contributed by atoms with Crippen LogP contribution in [0.1, 0.15) is 5.69 Å². The molecule has 2 rings (SSSR count). The first kappa shape index (κ1) is 5.47. The molecule has 0 unspecified atom stereocenters. The maximum atomic E-state index is 3.88. The van der Waals surface area contributed by atoms with Gasteiger partial charge in [0.05, 0.1) is 6.20 Å². The first-order valence-corrected chi connectivity index (χ1v) is 3.18. The molecule has 2 heterocycles. The molecule has 2 nitrogen and oxygen atoms in total. The predicted octanol–water partition coefficient (Wildman–Crippen LogP) is 1.67. The van der Waals surface area contributed by atoms with Crippen LogP contribution in [0.15, 0.2) is 18.3 Å². The van der Waals surface area contributed by atoms with E-state index in [1.807, 2.05) is 13.0 Å². The Kier molecular flexibility index (Phi) is 1.01. The lowest BCUT2D eigenvalue weighted by atomic mass is 10.3. The molecule has 0 aliphatic heterocycles. The number of aryl methyl sites for hydroxylation is 1. The maximum absolute atomic E-state index is 3.88. The fraction of sp³-hybridized carbons (Fsp3) is 0.125. The summed E-state index contributed by atoms with van der Waals surface area (Å²) in [6.07, 6.45) is 4.57. The number of nitrogens with zero attached hydrogens (tertiary/aromatic N) is 1. The second-order valence-electron chi connectivity index (χ2n) is 2.35. The van der Waals surface area contributed by atoms with Gasteiger partial charge in [-0.25, -0.2) is 0 Å². The van der Waals surface area contributed by atoms with E-state index in [0.29, 0.717) is 0 Å². The van der Waals surface area contributed by atoms with Crippen LogP contribution in [0.25, 0.3) is 10.9 Å². The third kappa shape index (κ3) is 0.692. The number of aromatic amines is 1. The number of hydrogen-bond acceptors (Lipinski definition) is 1. The minimum absolute atomic E-state index is 1.10. The number of rotatable bonds is 0. The summed E-state index contributed by atoms with van der Waals surface area (Å²) in [6.45, 7) is 2.03. The summed E-state index contributed by atoms with van der Waals surface area (Å²) in [6, 6.07) is 3.92. The van der Waals surface area contributed by atoms with Gasteiger partial charge < -0.3 is 4.98 Å². The molecule has 2 aromatic rings. The molecule has 2 heteroatoms. The third-order valence-corrected chi connectivity index (χ3v) is 1.50. The Bertz CT molecular complexity index is 316. The van der Waals surface area contributed by atoms with Crippen LogP contribution in [0.4, 0.5) is 0 Å². The number of hydrogen-bond donors (Lipinski definition) is 1. The van der Waals surface area contributed by atoms with Gasteiger partial charge in [0.1, 0.15) is 0 Å². The summed E-state index contributed by atoms with van der Waals surface area (Å²) >= 11 is 0. The third-order valence-electron chi connectivity index (χ3n) is 1.50. The molecular formula is C8H7N2. The molecule has 0 aromatic carbocycles. The minimum Gasteiger partial charge on any atom is -0.359 e. The van der Waals surface area contributed by atoms with Crippen LogP contribution < -0.4 is 0 Å². The van der Waals surface area contributed by atoms with Gasteiger partial charge >= 0.3 is 0 Å². The number of aromatic nitrogens is 2. The Morgan fingerprint density at radius 2 is 2.50 bits per heavy atom. The zero-order chi connectivity index (χ0) is 6.97. The van der Waals surface area contributed by atoms with Gasteiger partial charge in [-0.05, 0) is 19.1 Å². The molecule has 0 aliphatic rings. The molecule has 0 spiro atoms. The van der Waals surface area contributed by atoms with E-state index in [1.165, 1.54) is 0 Å². The van der Waals surface area contributed by atoms with E-state index < -0.39 is 0 Å². The van der Waals surface area contributed by atoms with Crippen molar-refractivity contribution in [2.75, 3.05) is 0 Å². The lowest BCUT2D eigenvalue weighted by molar-refractivity contribution is 1.29. The predicted molar refractivity (Wildman–Crippen MR) is 39.7 cm³/mol. The van der Waals surface area contributed by atoms with Gasteiger partial charge in [0.2, 0.25) is 0 Å². The van der Waals surface area contributed by atoms with Gasteiger partial charge in [-0.3, -0.25) is 4.98 Å². The summed E-state index contributed by atoms with van der Waals surface area (Å²) < 4.78 is 0. The normalized spacial score (nSPS) is 10.5. The molecular weight excluding hydrogens is 124 g/mol. The number of fused-ring (bicyclic) bond motifs is 1. The highest BCUT2D eigenvalue weighted by atomic mass is 14.7. The maximum Gasteiger partial charge on any atom is 0.0908 e. The zero-order valence-corrected chi connectivity index (χ0v) is 5.68. The van der Waals surface area contributed by atoms with Crippen molar-refractivity contribution in [1.29, 1.82) is 0 Å². The molecule has 0 saturated carbocycles. The highest BCUT2D eigenvalue weighted by Gasteiger charge is 1.93. The quantitative estimate of drug-likeness (QED) is 0.578. The largest absolute Gasteiger partial charge is 0.359 e. The molecule has 0 saturated heterocycles. The smallest absolute Gasteiger partial charge is 0.0908 e. The topological polar surface area (TPSA) is 28.7 Å². The molecule has 49 valence electrons. The van der Waals surface area contributed by atoms with E-state index >= 15 is 0 Å². The van der Waals surface area contributed by atoms with Crippen LogP contribution in [-0.4, -0.2) is 9.97 Å². The molecule has 0 atom stereocenters. The fourth-order valence-corrected chi connectivity index (χ4v) is 1.07. The van der Waals surface area contributed by atoms with Gasteiger partial charge in [0, 0.05) is 22.8 Å². The van der Waals surface area contributed by atoms with Crippen LogP contribution in [0.5, 0.6) is 0 Å². The van der Waals surface area contributed by atoms with Crippen molar-refractivity contribution >= 4 is 10.9 Å². The zero-order valence-electron chi connectivity index (χ0n) is 5.68. The minimum atomic E-state index is 1.10. The monoisotopic (exact) mass is 131 g/mol. The standard InChI is InChI=1S/C8H7N2/c1-6-4-7-5-9-3-2-8(7)10-6/h2,4-5,10H,1H3. The fourth-order valence-electron chi connectivity index (χ4n) is 1.07. The van der Waals surface area contributed by atoms with E-state index in [-0.39, 0.29) is 0 Å². The Morgan fingerprint density at radius 3 is 3.30 bits per heavy atom. The molecule has 0 amide bonds. The van der Waals surface area contributed by atoms with Gasteiger partial charge in [-0.2, -0.15) is 0 Å². The molecule has 0 bridgehead atoms. The average molecular weight is 131 g/mol. The van der Waals surface area contributed by atoms with Crippen LogP contribution in [0.2, 0.25) is 0 Å². The summed E-state index contributed by atoms with van der Waals surface area (Å²) in [5, 5.41) is 1.15. The molecule has 10 heavy (non-hydrogen) atoms. The van der Waals surface area contributed by atoms with Gasteiger partial charge in [-0.15, -0.1) is 0 Å². The number of pyridine rings is 1. The molecule has 1 radical (unpaired) electrons. The molecule has 2 aromatic heterocycles. The van der Waals surface area contributed by atoms with Crippen LogP contribution in [0.3, 0.4) is 0 Å². The summed E-state index contributed by atoms with van der Waals surface area (Å²) in [7, 11) is 0. The average Bonchev–Trinajstić information content (AvgIpc) is 2.27. The van der Waals surface area contributed by atoms with Crippen LogP contribution >= 0.6 is 0 Å². The van der Waals surface area contributed by atoms with Gasteiger partial charge in [-0.1, -0.05) is 0 Å². The van der Waals surface area contributed by atoms with Crippen molar-refractivity contribution in [2.24, 2.45) is 0 Å². The summed E-state index contributed by atoms with van der Waals surface area (Å²) in [5.41, 5.74) is 2.27. The van der Waals surface area contributed by atoms with E-state index in [4.69, 9.17) is 0 Å². The number of H-pyrrole nitrogens is 1. The van der Waals surface area contributed by atoms with Gasteiger partial charge in [0.15, 0.2) is 0 Å². The van der Waals surface area contributed by atoms with Crippen molar-refractivity contribution in [2.45, 2.75) is 6.92 Å². The SMILES string of the molecule is Cc1cc2cn[c]cc2[nH]1. The van der Waals surface area contributed by atoms with Crippen LogP contribution in [0, 0.1) is 13.1 Å². The van der Waals surface area contributed by atoms with Gasteiger partial charge in [0.25, 0.3) is 0 Å². The second-order valence-corrected chi connectivity index (χ2v) is 2.35. The Hall–Kier alpha value is -1.31. The van der Waals surface area contributed by atoms with E-state index in [9.17, 15) is 0 Å².